The molecule has 1 aromatic heterocycles. The molecular formula is C7H9NO3. The van der Waals surface area contributed by atoms with Gasteiger partial charge >= 0.3 is 5.97 Å². The Balaban J connectivity index is 2.90. The Kier molecular flexibility index (Phi) is 1.96. The van der Waals surface area contributed by atoms with Gasteiger partial charge in [-0.2, -0.15) is 0 Å². The SMILES string of the molecule is CC(O)c1ccc(C(=O)O)[nH]1. The van der Waals surface area contributed by atoms with Crippen LogP contribution in [0.3, 0.4) is 0 Å². The molecule has 4 nitrogen and oxygen atoms in total. The molecule has 0 saturated heterocycles. The second kappa shape index (κ2) is 2.75. The first-order valence-electron chi connectivity index (χ1n) is 3.21. The number of hydrogen-bond donors (Lipinski definition) is 3. The molecule has 11 heavy (non-hydrogen) atoms. The minimum atomic E-state index is -1.02. The van der Waals surface area contributed by atoms with Gasteiger partial charge in [0.25, 0.3) is 0 Å². The molecule has 0 bridgehead atoms. The number of aromatic nitrogens is 1. The molecule has 0 spiro atoms. The summed E-state index contributed by atoms with van der Waals surface area (Å²) in [6.07, 6.45) is -0.650. The third kappa shape index (κ3) is 1.59. The van der Waals surface area contributed by atoms with Crippen LogP contribution in [0.5, 0.6) is 0 Å². The predicted molar refractivity (Wildman–Crippen MR) is 38.4 cm³/mol. The van der Waals surface area contributed by atoms with Crippen molar-refractivity contribution in [3.63, 3.8) is 0 Å². The van der Waals surface area contributed by atoms with Crippen molar-refractivity contribution < 1.29 is 15.0 Å². The van der Waals surface area contributed by atoms with Gasteiger partial charge in [-0.3, -0.25) is 0 Å². The maximum absolute atomic E-state index is 10.3. The van der Waals surface area contributed by atoms with E-state index in [9.17, 15) is 4.79 Å². The molecule has 0 aliphatic carbocycles. The van der Waals surface area contributed by atoms with Gasteiger partial charge in [-0.25, -0.2) is 4.79 Å². The van der Waals surface area contributed by atoms with Crippen molar-refractivity contribution in [2.45, 2.75) is 13.0 Å². The molecule has 0 saturated carbocycles. The zero-order valence-electron chi connectivity index (χ0n) is 6.03. The molecule has 1 rings (SSSR count). The first kappa shape index (κ1) is 7.81. The quantitative estimate of drug-likeness (QED) is 0.590. The van der Waals surface area contributed by atoms with Crippen LogP contribution in [0, 0.1) is 0 Å². The molecule has 1 atom stereocenters. The van der Waals surface area contributed by atoms with Crippen LogP contribution in [-0.2, 0) is 0 Å². The monoisotopic (exact) mass is 155 g/mol. The third-order valence-corrected chi connectivity index (χ3v) is 1.39. The number of carbonyl (C=O) groups is 1. The maximum atomic E-state index is 10.3. The van der Waals surface area contributed by atoms with Crippen LogP contribution in [0.15, 0.2) is 12.1 Å². The van der Waals surface area contributed by atoms with Crippen molar-refractivity contribution in [3.05, 3.63) is 23.5 Å². The van der Waals surface area contributed by atoms with Crippen LogP contribution in [0.25, 0.3) is 0 Å². The van der Waals surface area contributed by atoms with Gasteiger partial charge in [-0.05, 0) is 19.1 Å². The number of aliphatic hydroxyl groups is 1. The molecule has 0 aliphatic heterocycles. The summed E-state index contributed by atoms with van der Waals surface area (Å²) >= 11 is 0. The Bertz CT molecular complexity index is 264. The molecule has 0 aliphatic rings. The highest BCUT2D eigenvalue weighted by Crippen LogP contribution is 2.10. The number of hydrogen-bond acceptors (Lipinski definition) is 2. The lowest BCUT2D eigenvalue weighted by molar-refractivity contribution is 0.0690. The topological polar surface area (TPSA) is 73.3 Å². The van der Waals surface area contributed by atoms with E-state index in [1.54, 1.807) is 13.0 Å². The number of aliphatic hydroxyl groups excluding tert-OH is 1. The van der Waals surface area contributed by atoms with E-state index in [-0.39, 0.29) is 5.69 Å². The lowest BCUT2D eigenvalue weighted by Crippen LogP contribution is -1.97. The summed E-state index contributed by atoms with van der Waals surface area (Å²) in [5.74, 6) is -1.02. The van der Waals surface area contributed by atoms with Gasteiger partial charge in [0.05, 0.1) is 6.10 Å². The second-order valence-corrected chi connectivity index (χ2v) is 2.31. The Morgan fingerprint density at radius 2 is 2.27 bits per heavy atom. The number of aromatic carboxylic acids is 1. The van der Waals surface area contributed by atoms with Crippen molar-refractivity contribution >= 4 is 5.97 Å². The van der Waals surface area contributed by atoms with Crippen LogP contribution in [0.2, 0.25) is 0 Å². The van der Waals surface area contributed by atoms with Crippen LogP contribution < -0.4 is 0 Å². The molecule has 60 valence electrons. The first-order valence-corrected chi connectivity index (χ1v) is 3.21. The van der Waals surface area contributed by atoms with Gasteiger partial charge in [0, 0.05) is 5.69 Å². The fourth-order valence-corrected chi connectivity index (χ4v) is 0.780. The van der Waals surface area contributed by atoms with E-state index in [2.05, 4.69) is 4.98 Å². The van der Waals surface area contributed by atoms with Crippen LogP contribution in [0.1, 0.15) is 29.2 Å². The first-order chi connectivity index (χ1) is 5.11. The van der Waals surface area contributed by atoms with E-state index < -0.39 is 12.1 Å². The van der Waals surface area contributed by atoms with Gasteiger partial charge in [-0.15, -0.1) is 0 Å². The Morgan fingerprint density at radius 3 is 2.55 bits per heavy atom. The van der Waals surface area contributed by atoms with Gasteiger partial charge in [0.2, 0.25) is 0 Å². The second-order valence-electron chi connectivity index (χ2n) is 2.31. The van der Waals surface area contributed by atoms with Gasteiger partial charge < -0.3 is 15.2 Å². The van der Waals surface area contributed by atoms with E-state index in [0.717, 1.165) is 0 Å². The summed E-state index contributed by atoms with van der Waals surface area (Å²) in [6.45, 7) is 1.57. The number of aromatic amines is 1. The van der Waals surface area contributed by atoms with Gasteiger partial charge in [-0.1, -0.05) is 0 Å². The number of carboxylic acid groups (broad SMARTS) is 1. The minimum Gasteiger partial charge on any atom is -0.477 e. The van der Waals surface area contributed by atoms with Gasteiger partial charge in [0.1, 0.15) is 5.69 Å². The highest BCUT2D eigenvalue weighted by Gasteiger charge is 2.07. The molecule has 0 amide bonds. The lowest BCUT2D eigenvalue weighted by Gasteiger charge is -1.97. The fraction of sp³-hybridized carbons (Fsp3) is 0.286. The molecule has 1 heterocycles. The van der Waals surface area contributed by atoms with Crippen molar-refractivity contribution in [2.75, 3.05) is 0 Å². The van der Waals surface area contributed by atoms with E-state index in [1.807, 2.05) is 0 Å². The fourth-order valence-electron chi connectivity index (χ4n) is 0.780. The highest BCUT2D eigenvalue weighted by atomic mass is 16.4. The normalized spacial score (nSPS) is 12.9. The highest BCUT2D eigenvalue weighted by molar-refractivity contribution is 5.85. The summed E-state index contributed by atoms with van der Waals surface area (Å²) in [5, 5.41) is 17.5. The standard InChI is InChI=1S/C7H9NO3/c1-4(9)5-2-3-6(8-5)7(10)11/h2-4,8-9H,1H3,(H,10,11). The van der Waals surface area contributed by atoms with E-state index in [1.165, 1.54) is 6.07 Å². The van der Waals surface area contributed by atoms with E-state index in [0.29, 0.717) is 5.69 Å². The van der Waals surface area contributed by atoms with Crippen LogP contribution in [-0.4, -0.2) is 21.2 Å². The summed E-state index contributed by atoms with van der Waals surface area (Å²) in [5.41, 5.74) is 0.614. The number of H-pyrrole nitrogens is 1. The number of carboxylic acids is 1. The predicted octanol–water partition coefficient (Wildman–Crippen LogP) is 0.766. The summed E-state index contributed by atoms with van der Waals surface area (Å²) in [7, 11) is 0. The van der Waals surface area contributed by atoms with Crippen molar-refractivity contribution in [2.24, 2.45) is 0 Å². The zero-order chi connectivity index (χ0) is 8.43. The van der Waals surface area contributed by atoms with E-state index >= 15 is 0 Å². The number of nitrogens with one attached hydrogen (secondary N) is 1. The van der Waals surface area contributed by atoms with Crippen molar-refractivity contribution in [1.82, 2.24) is 4.98 Å². The smallest absolute Gasteiger partial charge is 0.352 e. The number of rotatable bonds is 2. The largest absolute Gasteiger partial charge is 0.477 e. The molecule has 0 fully saturated rings. The summed E-state index contributed by atoms with van der Waals surface area (Å²) < 4.78 is 0. The summed E-state index contributed by atoms with van der Waals surface area (Å²) in [4.78, 5) is 12.9. The molecule has 4 heteroatoms. The molecule has 0 aromatic carbocycles. The third-order valence-electron chi connectivity index (χ3n) is 1.39. The van der Waals surface area contributed by atoms with Crippen LogP contribution in [0.4, 0.5) is 0 Å². The van der Waals surface area contributed by atoms with Crippen LogP contribution >= 0.6 is 0 Å². The zero-order valence-corrected chi connectivity index (χ0v) is 6.03. The molecule has 1 aromatic rings. The van der Waals surface area contributed by atoms with Crippen molar-refractivity contribution in [1.29, 1.82) is 0 Å². The Morgan fingerprint density at radius 1 is 1.64 bits per heavy atom. The average Bonchev–Trinajstić information content (AvgIpc) is 2.33. The minimum absolute atomic E-state index is 0.0981. The van der Waals surface area contributed by atoms with Gasteiger partial charge in [0.15, 0.2) is 0 Å². The molecule has 1 unspecified atom stereocenters. The molecular weight excluding hydrogens is 146 g/mol. The maximum Gasteiger partial charge on any atom is 0.352 e. The van der Waals surface area contributed by atoms with Crippen molar-refractivity contribution in [3.8, 4) is 0 Å². The molecule has 0 radical (unpaired) electrons. The average molecular weight is 155 g/mol. The Labute approximate surface area is 63.5 Å². The lowest BCUT2D eigenvalue weighted by atomic mass is 10.3. The van der Waals surface area contributed by atoms with E-state index in [4.69, 9.17) is 10.2 Å². The summed E-state index contributed by atoms with van der Waals surface area (Å²) in [6, 6.07) is 2.97. The molecule has 3 N–H and O–H groups in total. The Hall–Kier alpha value is -1.29.